The molecule has 1 aromatic rings. The monoisotopic (exact) mass is 331 g/mol. The number of hydrogen-bond acceptors (Lipinski definition) is 2. The van der Waals surface area contributed by atoms with Crippen molar-refractivity contribution in [2.24, 2.45) is 4.99 Å². The smallest absolute Gasteiger partial charge is 0.422 e. The third kappa shape index (κ3) is 8.32. The second-order valence-electron chi connectivity index (χ2n) is 5.20. The van der Waals surface area contributed by atoms with E-state index in [2.05, 4.69) is 34.2 Å². The molecule has 1 aromatic carbocycles. The Kier molecular flexibility index (Phi) is 7.71. The topological polar surface area (TPSA) is 45.7 Å². The van der Waals surface area contributed by atoms with Crippen molar-refractivity contribution in [2.45, 2.75) is 46.0 Å². The molecule has 130 valence electrons. The van der Waals surface area contributed by atoms with E-state index in [1.807, 2.05) is 6.92 Å². The van der Waals surface area contributed by atoms with E-state index in [0.29, 0.717) is 12.6 Å². The van der Waals surface area contributed by atoms with E-state index in [-0.39, 0.29) is 5.75 Å². The van der Waals surface area contributed by atoms with Crippen LogP contribution in [0.15, 0.2) is 29.3 Å². The molecule has 0 saturated carbocycles. The Hall–Kier alpha value is -1.92. The number of benzene rings is 1. The normalized spacial score (nSPS) is 13.6. The molecule has 0 amide bonds. The number of alkyl halides is 3. The van der Waals surface area contributed by atoms with Crippen LogP contribution >= 0.6 is 0 Å². The van der Waals surface area contributed by atoms with Gasteiger partial charge in [0.15, 0.2) is 12.6 Å². The first-order valence-electron chi connectivity index (χ1n) is 7.67. The van der Waals surface area contributed by atoms with Crippen LogP contribution in [0.5, 0.6) is 5.75 Å². The Morgan fingerprint density at radius 1 is 1.22 bits per heavy atom. The summed E-state index contributed by atoms with van der Waals surface area (Å²) in [5.41, 5.74) is 0.894. The number of guanidine groups is 1. The van der Waals surface area contributed by atoms with Gasteiger partial charge in [-0.25, -0.2) is 4.99 Å². The molecule has 0 saturated heterocycles. The average Bonchev–Trinajstić information content (AvgIpc) is 2.51. The molecule has 1 atom stereocenters. The first-order valence-corrected chi connectivity index (χ1v) is 7.67. The van der Waals surface area contributed by atoms with Crippen molar-refractivity contribution < 1.29 is 17.9 Å². The van der Waals surface area contributed by atoms with E-state index < -0.39 is 12.8 Å². The van der Waals surface area contributed by atoms with Crippen molar-refractivity contribution in [3.8, 4) is 5.75 Å². The molecule has 0 spiro atoms. The maximum Gasteiger partial charge on any atom is 0.422 e. The number of halogens is 3. The van der Waals surface area contributed by atoms with Crippen LogP contribution in [0.25, 0.3) is 0 Å². The summed E-state index contributed by atoms with van der Waals surface area (Å²) in [6, 6.07) is 6.77. The second-order valence-corrected chi connectivity index (χ2v) is 5.20. The Morgan fingerprint density at radius 2 is 1.87 bits per heavy atom. The van der Waals surface area contributed by atoms with Gasteiger partial charge in [-0.1, -0.05) is 19.1 Å². The molecule has 7 heteroatoms. The van der Waals surface area contributed by atoms with Gasteiger partial charge in [-0.05, 0) is 38.0 Å². The summed E-state index contributed by atoms with van der Waals surface area (Å²) < 4.78 is 40.9. The summed E-state index contributed by atoms with van der Waals surface area (Å²) in [6.45, 7) is 6.05. The molecule has 0 aromatic heterocycles. The van der Waals surface area contributed by atoms with Gasteiger partial charge in [-0.2, -0.15) is 13.2 Å². The predicted molar refractivity (Wildman–Crippen MR) is 85.7 cm³/mol. The van der Waals surface area contributed by atoms with Crippen LogP contribution in [-0.4, -0.2) is 31.3 Å². The maximum atomic E-state index is 12.1. The Balaban J connectivity index is 2.59. The SMILES string of the molecule is CCNC(=NCc1ccc(OCC(F)(F)F)cc1)NC(C)CC. The van der Waals surface area contributed by atoms with Crippen LogP contribution in [0, 0.1) is 0 Å². The highest BCUT2D eigenvalue weighted by Gasteiger charge is 2.28. The molecule has 0 aliphatic heterocycles. The largest absolute Gasteiger partial charge is 0.484 e. The summed E-state index contributed by atoms with van der Waals surface area (Å²) >= 11 is 0. The lowest BCUT2D eigenvalue weighted by atomic mass is 10.2. The average molecular weight is 331 g/mol. The van der Waals surface area contributed by atoms with Gasteiger partial charge in [0.2, 0.25) is 0 Å². The van der Waals surface area contributed by atoms with Crippen molar-refractivity contribution in [1.82, 2.24) is 10.6 Å². The third-order valence-electron chi connectivity index (χ3n) is 3.09. The van der Waals surface area contributed by atoms with E-state index in [9.17, 15) is 13.2 Å². The van der Waals surface area contributed by atoms with Crippen LogP contribution in [-0.2, 0) is 6.54 Å². The van der Waals surface area contributed by atoms with Crippen LogP contribution in [0.1, 0.15) is 32.8 Å². The predicted octanol–water partition coefficient (Wildman–Crippen LogP) is 3.48. The van der Waals surface area contributed by atoms with Crippen LogP contribution in [0.4, 0.5) is 13.2 Å². The second kappa shape index (κ2) is 9.27. The molecule has 0 heterocycles. The molecule has 2 N–H and O–H groups in total. The summed E-state index contributed by atoms with van der Waals surface area (Å²) in [7, 11) is 0. The van der Waals surface area contributed by atoms with Gasteiger partial charge in [-0.3, -0.25) is 0 Å². The minimum absolute atomic E-state index is 0.194. The maximum absolute atomic E-state index is 12.1. The number of hydrogen-bond donors (Lipinski definition) is 2. The number of nitrogens with zero attached hydrogens (tertiary/aromatic N) is 1. The van der Waals surface area contributed by atoms with Crippen molar-refractivity contribution in [2.75, 3.05) is 13.2 Å². The van der Waals surface area contributed by atoms with E-state index in [1.165, 1.54) is 12.1 Å². The minimum Gasteiger partial charge on any atom is -0.484 e. The number of aliphatic imine (C=N–C) groups is 1. The first-order chi connectivity index (χ1) is 10.8. The first kappa shape index (κ1) is 19.1. The van der Waals surface area contributed by atoms with E-state index >= 15 is 0 Å². The minimum atomic E-state index is -4.33. The fourth-order valence-corrected chi connectivity index (χ4v) is 1.68. The lowest BCUT2D eigenvalue weighted by Gasteiger charge is -2.16. The Labute approximate surface area is 135 Å². The van der Waals surface area contributed by atoms with Crippen molar-refractivity contribution >= 4 is 5.96 Å². The van der Waals surface area contributed by atoms with Crippen LogP contribution < -0.4 is 15.4 Å². The summed E-state index contributed by atoms with van der Waals surface area (Å²) in [6.07, 6.45) is -3.35. The molecule has 0 bridgehead atoms. The summed E-state index contributed by atoms with van der Waals surface area (Å²) in [4.78, 5) is 4.46. The summed E-state index contributed by atoms with van der Waals surface area (Å²) in [5, 5.41) is 6.43. The Morgan fingerprint density at radius 3 is 2.39 bits per heavy atom. The molecular weight excluding hydrogens is 307 g/mol. The number of ether oxygens (including phenoxy) is 1. The lowest BCUT2D eigenvalue weighted by Crippen LogP contribution is -2.41. The van der Waals surface area contributed by atoms with Crippen LogP contribution in [0.2, 0.25) is 0 Å². The number of nitrogens with one attached hydrogen (secondary N) is 2. The van der Waals surface area contributed by atoms with E-state index in [4.69, 9.17) is 0 Å². The quantitative estimate of drug-likeness (QED) is 0.594. The third-order valence-corrected chi connectivity index (χ3v) is 3.09. The summed E-state index contributed by atoms with van der Waals surface area (Å²) in [5.74, 6) is 0.916. The van der Waals surface area contributed by atoms with Crippen molar-refractivity contribution in [3.05, 3.63) is 29.8 Å². The molecule has 0 fully saturated rings. The van der Waals surface area contributed by atoms with Gasteiger partial charge >= 0.3 is 6.18 Å². The fraction of sp³-hybridized carbons (Fsp3) is 0.562. The van der Waals surface area contributed by atoms with E-state index in [1.54, 1.807) is 12.1 Å². The highest BCUT2D eigenvalue weighted by Crippen LogP contribution is 2.19. The van der Waals surface area contributed by atoms with Gasteiger partial charge in [0.05, 0.1) is 6.54 Å². The lowest BCUT2D eigenvalue weighted by molar-refractivity contribution is -0.153. The molecule has 0 aliphatic rings. The van der Waals surface area contributed by atoms with Gasteiger partial charge in [-0.15, -0.1) is 0 Å². The van der Waals surface area contributed by atoms with Crippen molar-refractivity contribution in [1.29, 1.82) is 0 Å². The standard InChI is InChI=1S/C16H24F3N3O/c1-4-12(3)22-15(20-5-2)21-10-13-6-8-14(9-7-13)23-11-16(17,18)19/h6-9,12H,4-5,10-11H2,1-3H3,(H2,20,21,22). The molecule has 1 unspecified atom stereocenters. The Bertz CT molecular complexity index is 486. The highest BCUT2D eigenvalue weighted by molar-refractivity contribution is 5.80. The molecular formula is C16H24F3N3O. The molecule has 0 radical (unpaired) electrons. The molecule has 4 nitrogen and oxygen atoms in total. The fourth-order valence-electron chi connectivity index (χ4n) is 1.68. The number of rotatable bonds is 7. The van der Waals surface area contributed by atoms with Crippen LogP contribution in [0.3, 0.4) is 0 Å². The van der Waals surface area contributed by atoms with Gasteiger partial charge < -0.3 is 15.4 Å². The highest BCUT2D eigenvalue weighted by atomic mass is 19.4. The zero-order valence-corrected chi connectivity index (χ0v) is 13.7. The molecule has 23 heavy (non-hydrogen) atoms. The van der Waals surface area contributed by atoms with Gasteiger partial charge in [0, 0.05) is 12.6 Å². The van der Waals surface area contributed by atoms with Crippen molar-refractivity contribution in [3.63, 3.8) is 0 Å². The van der Waals surface area contributed by atoms with Gasteiger partial charge in [0.25, 0.3) is 0 Å². The van der Waals surface area contributed by atoms with Gasteiger partial charge in [0.1, 0.15) is 5.75 Å². The molecule has 1 rings (SSSR count). The zero-order chi connectivity index (χ0) is 17.3. The molecule has 0 aliphatic carbocycles. The van der Waals surface area contributed by atoms with E-state index in [0.717, 1.165) is 24.5 Å². The zero-order valence-electron chi connectivity index (χ0n) is 13.7.